The van der Waals surface area contributed by atoms with Gasteiger partial charge in [-0.15, -0.1) is 11.6 Å². The van der Waals surface area contributed by atoms with E-state index in [2.05, 4.69) is 10.1 Å². The van der Waals surface area contributed by atoms with Crippen molar-refractivity contribution in [1.29, 1.82) is 0 Å². The molecule has 3 aromatic rings. The molecule has 3 rings (SSSR count). The fourth-order valence-corrected chi connectivity index (χ4v) is 2.63. The number of hydrogen-bond donors (Lipinski definition) is 0. The summed E-state index contributed by atoms with van der Waals surface area (Å²) >= 11 is 6.06. The van der Waals surface area contributed by atoms with Gasteiger partial charge in [0, 0.05) is 13.2 Å². The molecule has 0 fully saturated rings. The molecule has 6 heteroatoms. The van der Waals surface area contributed by atoms with Crippen molar-refractivity contribution in [3.8, 4) is 11.4 Å². The van der Waals surface area contributed by atoms with Gasteiger partial charge in [-0.3, -0.25) is 9.25 Å². The van der Waals surface area contributed by atoms with Crippen LogP contribution >= 0.6 is 11.6 Å². The number of aromatic nitrogens is 4. The number of aryl methyl sites for hydroxylation is 2. The number of ether oxygens (including phenoxy) is 1. The zero-order valence-corrected chi connectivity index (χ0v) is 12.3. The Morgan fingerprint density at radius 1 is 1.35 bits per heavy atom. The van der Waals surface area contributed by atoms with Crippen molar-refractivity contribution >= 4 is 22.6 Å². The molecule has 0 amide bonds. The third kappa shape index (κ3) is 1.86. The first-order chi connectivity index (χ1) is 9.65. The molecule has 0 unspecified atom stereocenters. The second kappa shape index (κ2) is 4.83. The highest BCUT2D eigenvalue weighted by atomic mass is 35.5. The first-order valence-electron chi connectivity index (χ1n) is 6.26. The predicted molar refractivity (Wildman–Crippen MR) is 78.7 cm³/mol. The normalized spacial score (nSPS) is 11.2. The first-order valence-corrected chi connectivity index (χ1v) is 6.80. The highest BCUT2D eigenvalue weighted by molar-refractivity contribution is 6.17. The molecule has 0 aliphatic carbocycles. The van der Waals surface area contributed by atoms with Gasteiger partial charge in [0.25, 0.3) is 0 Å². The SMILES string of the molecule is COc1cccc2c1nc(CCl)n2-c1cn(C)nc1C. The minimum atomic E-state index is 0.326. The van der Waals surface area contributed by atoms with Crippen LogP contribution < -0.4 is 4.74 Å². The highest BCUT2D eigenvalue weighted by Crippen LogP contribution is 2.29. The van der Waals surface area contributed by atoms with Crippen molar-refractivity contribution in [3.05, 3.63) is 35.9 Å². The van der Waals surface area contributed by atoms with E-state index < -0.39 is 0 Å². The van der Waals surface area contributed by atoms with Gasteiger partial charge in [0.15, 0.2) is 0 Å². The molecule has 0 aliphatic rings. The van der Waals surface area contributed by atoms with Crippen LogP contribution in [0.5, 0.6) is 5.75 Å². The maximum absolute atomic E-state index is 6.06. The van der Waals surface area contributed by atoms with Crippen molar-refractivity contribution in [1.82, 2.24) is 19.3 Å². The topological polar surface area (TPSA) is 44.9 Å². The predicted octanol–water partition coefficient (Wildman–Crippen LogP) is 2.81. The monoisotopic (exact) mass is 290 g/mol. The molecular formula is C14H15ClN4O. The molecule has 0 atom stereocenters. The van der Waals surface area contributed by atoms with Crippen molar-refractivity contribution in [2.75, 3.05) is 7.11 Å². The second-order valence-corrected chi connectivity index (χ2v) is 4.87. The Kier molecular flexibility index (Phi) is 3.14. The van der Waals surface area contributed by atoms with Gasteiger partial charge in [0.05, 0.1) is 29.9 Å². The lowest BCUT2D eigenvalue weighted by molar-refractivity contribution is 0.419. The molecule has 0 saturated carbocycles. The van der Waals surface area contributed by atoms with Crippen LogP contribution in [-0.2, 0) is 12.9 Å². The summed E-state index contributed by atoms with van der Waals surface area (Å²) in [5, 5.41) is 4.39. The lowest BCUT2D eigenvalue weighted by Crippen LogP contribution is -1.99. The summed E-state index contributed by atoms with van der Waals surface area (Å²) in [6.07, 6.45) is 1.96. The van der Waals surface area contributed by atoms with Crippen LogP contribution in [0.15, 0.2) is 24.4 Å². The number of methoxy groups -OCH3 is 1. The molecule has 0 bridgehead atoms. The Bertz CT molecular complexity index is 775. The van der Waals surface area contributed by atoms with Gasteiger partial charge in [-0.2, -0.15) is 5.10 Å². The maximum Gasteiger partial charge on any atom is 0.146 e. The molecule has 1 aromatic carbocycles. The molecule has 2 aromatic heterocycles. The number of nitrogens with zero attached hydrogens (tertiary/aromatic N) is 4. The molecule has 20 heavy (non-hydrogen) atoms. The van der Waals surface area contributed by atoms with Crippen LogP contribution in [0.2, 0.25) is 0 Å². The standard InChI is InChI=1S/C14H15ClN4O/c1-9-11(8-18(2)17-9)19-10-5-4-6-12(20-3)14(10)16-13(19)7-15/h4-6,8H,7H2,1-3H3. The van der Waals surface area contributed by atoms with Crippen LogP contribution in [0.3, 0.4) is 0 Å². The van der Waals surface area contributed by atoms with E-state index >= 15 is 0 Å². The van der Waals surface area contributed by atoms with Gasteiger partial charge in [-0.25, -0.2) is 4.98 Å². The van der Waals surface area contributed by atoms with Gasteiger partial charge in [-0.1, -0.05) is 6.07 Å². The number of alkyl halides is 1. The summed E-state index contributed by atoms with van der Waals surface area (Å²) in [6, 6.07) is 5.85. The molecule has 0 radical (unpaired) electrons. The third-order valence-electron chi connectivity index (χ3n) is 3.29. The van der Waals surface area contributed by atoms with Gasteiger partial charge in [0.2, 0.25) is 0 Å². The summed E-state index contributed by atoms with van der Waals surface area (Å²) < 4.78 is 9.19. The zero-order valence-electron chi connectivity index (χ0n) is 11.6. The average Bonchev–Trinajstić information content (AvgIpc) is 2.97. The molecule has 0 saturated heterocycles. The largest absolute Gasteiger partial charge is 0.494 e. The molecule has 0 spiro atoms. The van der Waals surface area contributed by atoms with E-state index in [4.69, 9.17) is 16.3 Å². The molecular weight excluding hydrogens is 276 g/mol. The number of fused-ring (bicyclic) bond motifs is 1. The van der Waals surface area contributed by atoms with Crippen LogP contribution in [0, 0.1) is 6.92 Å². The molecule has 0 N–H and O–H groups in total. The minimum Gasteiger partial charge on any atom is -0.494 e. The van der Waals surface area contributed by atoms with E-state index in [1.165, 1.54) is 0 Å². The summed E-state index contributed by atoms with van der Waals surface area (Å²) in [7, 11) is 3.54. The van der Waals surface area contributed by atoms with E-state index in [0.717, 1.165) is 34.0 Å². The Balaban J connectivity index is 2.37. The highest BCUT2D eigenvalue weighted by Gasteiger charge is 2.17. The molecule has 0 aliphatic heterocycles. The summed E-state index contributed by atoms with van der Waals surface area (Å²) in [6.45, 7) is 1.97. The zero-order chi connectivity index (χ0) is 14.3. The number of para-hydroxylation sites is 1. The third-order valence-corrected chi connectivity index (χ3v) is 3.52. The molecule has 2 heterocycles. The smallest absolute Gasteiger partial charge is 0.146 e. The van der Waals surface area contributed by atoms with E-state index in [1.54, 1.807) is 11.8 Å². The lowest BCUT2D eigenvalue weighted by atomic mass is 10.3. The average molecular weight is 291 g/mol. The van der Waals surface area contributed by atoms with Gasteiger partial charge in [0.1, 0.15) is 17.1 Å². The van der Waals surface area contributed by atoms with Gasteiger partial charge < -0.3 is 4.74 Å². The summed E-state index contributed by atoms with van der Waals surface area (Å²) in [5.74, 6) is 1.85. The van der Waals surface area contributed by atoms with Gasteiger partial charge in [-0.05, 0) is 19.1 Å². The van der Waals surface area contributed by atoms with Crippen molar-refractivity contribution in [3.63, 3.8) is 0 Å². The van der Waals surface area contributed by atoms with E-state index in [-0.39, 0.29) is 0 Å². The van der Waals surface area contributed by atoms with E-state index in [0.29, 0.717) is 5.88 Å². The van der Waals surface area contributed by atoms with Crippen LogP contribution in [0.4, 0.5) is 0 Å². The molecule has 5 nitrogen and oxygen atoms in total. The van der Waals surface area contributed by atoms with Crippen LogP contribution in [0.1, 0.15) is 11.5 Å². The minimum absolute atomic E-state index is 0.326. The summed E-state index contributed by atoms with van der Waals surface area (Å²) in [4.78, 5) is 4.60. The van der Waals surface area contributed by atoms with Crippen LogP contribution in [-0.4, -0.2) is 26.4 Å². The Hall–Kier alpha value is -2.01. The second-order valence-electron chi connectivity index (χ2n) is 4.60. The van der Waals surface area contributed by atoms with E-state index in [9.17, 15) is 0 Å². The molecule has 104 valence electrons. The van der Waals surface area contributed by atoms with Crippen molar-refractivity contribution < 1.29 is 4.74 Å². The fraction of sp³-hybridized carbons (Fsp3) is 0.286. The number of rotatable bonds is 3. The summed E-state index contributed by atoms with van der Waals surface area (Å²) in [5.41, 5.74) is 3.70. The number of benzene rings is 1. The Morgan fingerprint density at radius 2 is 2.15 bits per heavy atom. The van der Waals surface area contributed by atoms with E-state index in [1.807, 2.05) is 42.9 Å². The van der Waals surface area contributed by atoms with Gasteiger partial charge >= 0.3 is 0 Å². The van der Waals surface area contributed by atoms with Crippen molar-refractivity contribution in [2.24, 2.45) is 7.05 Å². The quantitative estimate of drug-likeness (QED) is 0.697. The Labute approximate surface area is 121 Å². The number of halogens is 1. The fourth-order valence-electron chi connectivity index (χ4n) is 2.45. The number of imidazole rings is 1. The van der Waals surface area contributed by atoms with Crippen molar-refractivity contribution in [2.45, 2.75) is 12.8 Å². The maximum atomic E-state index is 6.06. The lowest BCUT2D eigenvalue weighted by Gasteiger charge is -2.06. The Morgan fingerprint density at radius 3 is 2.75 bits per heavy atom. The first kappa shape index (κ1) is 13.0. The van der Waals surface area contributed by atoms with Crippen LogP contribution in [0.25, 0.3) is 16.7 Å². The number of hydrogen-bond acceptors (Lipinski definition) is 3.